The zero-order valence-corrected chi connectivity index (χ0v) is 20.5. The number of nitrogens with zero attached hydrogens (tertiary/aromatic N) is 1. The highest BCUT2D eigenvalue weighted by atomic mass is 79.9. The molecule has 3 fully saturated rings. The molecule has 2 bridgehead atoms. The summed E-state index contributed by atoms with van der Waals surface area (Å²) in [6, 6.07) is 2.40. The number of alkyl halides is 5. The van der Waals surface area contributed by atoms with Gasteiger partial charge < -0.3 is 10.1 Å². The van der Waals surface area contributed by atoms with Crippen molar-refractivity contribution >= 4 is 72.8 Å². The number of ether oxygens (including phenoxy) is 1. The lowest BCUT2D eigenvalue weighted by Gasteiger charge is -2.28. The van der Waals surface area contributed by atoms with Crippen molar-refractivity contribution in [2.24, 2.45) is 23.7 Å². The van der Waals surface area contributed by atoms with E-state index in [4.69, 9.17) is 16.3 Å². The molecule has 2 aliphatic carbocycles. The van der Waals surface area contributed by atoms with E-state index in [0.717, 1.165) is 23.5 Å². The lowest BCUT2D eigenvalue weighted by molar-refractivity contribution is -0.154. The van der Waals surface area contributed by atoms with E-state index in [2.05, 4.69) is 37.2 Å². The Morgan fingerprint density at radius 3 is 2.24 bits per heavy atom. The fraction of sp³-hybridized carbons (Fsp3) is 0.500. The first-order chi connectivity index (χ1) is 15.4. The van der Waals surface area contributed by atoms with Gasteiger partial charge in [0.15, 0.2) is 6.61 Å². The van der Waals surface area contributed by atoms with Crippen LogP contribution in [0, 0.1) is 23.7 Å². The number of benzene rings is 1. The zero-order chi connectivity index (χ0) is 24.2. The van der Waals surface area contributed by atoms with Crippen LogP contribution in [0.3, 0.4) is 0 Å². The summed E-state index contributed by atoms with van der Waals surface area (Å²) in [6.07, 6.45) is -3.89. The monoisotopic (exact) mass is 614 g/mol. The molecule has 1 aromatic rings. The summed E-state index contributed by atoms with van der Waals surface area (Å²) < 4.78 is 43.3. The number of esters is 1. The molecule has 0 unspecified atom stereocenters. The Bertz CT molecular complexity index is 1010. The van der Waals surface area contributed by atoms with Gasteiger partial charge in [0.2, 0.25) is 11.8 Å². The van der Waals surface area contributed by atoms with Gasteiger partial charge >= 0.3 is 12.1 Å². The predicted molar refractivity (Wildman–Crippen MR) is 117 cm³/mol. The molecule has 1 N–H and O–H groups in total. The molecule has 13 heteroatoms. The minimum Gasteiger partial charge on any atom is -0.454 e. The number of hydrogen-bond acceptors (Lipinski definition) is 5. The number of hydrogen-bond donors (Lipinski definition) is 1. The summed E-state index contributed by atoms with van der Waals surface area (Å²) in [7, 11) is 0. The average molecular weight is 617 g/mol. The first-order valence-electron chi connectivity index (χ1n) is 9.85. The van der Waals surface area contributed by atoms with Gasteiger partial charge in [-0.3, -0.25) is 24.1 Å². The van der Waals surface area contributed by atoms with Crippen LogP contribution in [0.5, 0.6) is 0 Å². The molecule has 4 rings (SSSR count). The molecule has 1 aromatic carbocycles. The quantitative estimate of drug-likeness (QED) is 0.310. The fourth-order valence-electron chi connectivity index (χ4n) is 4.87. The summed E-state index contributed by atoms with van der Waals surface area (Å²) in [5, 5.41) is 2.01. The van der Waals surface area contributed by atoms with Crippen molar-refractivity contribution in [3.05, 3.63) is 28.8 Å². The minimum absolute atomic E-state index is 0.00941. The Morgan fingerprint density at radius 1 is 1.12 bits per heavy atom. The van der Waals surface area contributed by atoms with Crippen molar-refractivity contribution in [3.63, 3.8) is 0 Å². The molecule has 1 saturated heterocycles. The van der Waals surface area contributed by atoms with E-state index in [1.807, 2.05) is 0 Å². The molecule has 33 heavy (non-hydrogen) atoms. The number of likely N-dealkylation sites (tertiary alicyclic amines) is 1. The first kappa shape index (κ1) is 24.5. The number of halogens is 6. The molecule has 7 nitrogen and oxygen atoms in total. The molecule has 1 aliphatic heterocycles. The molecule has 3 amide bonds. The third-order valence-electron chi connectivity index (χ3n) is 6.30. The Balaban J connectivity index is 1.33. The van der Waals surface area contributed by atoms with Crippen LogP contribution in [0.15, 0.2) is 18.2 Å². The number of rotatable bonds is 5. The van der Waals surface area contributed by atoms with Crippen molar-refractivity contribution < 1.29 is 37.1 Å². The highest BCUT2D eigenvalue weighted by Crippen LogP contribution is 2.60. The van der Waals surface area contributed by atoms with Crippen LogP contribution in [-0.2, 0) is 30.1 Å². The van der Waals surface area contributed by atoms with Gasteiger partial charge in [-0.2, -0.15) is 13.2 Å². The van der Waals surface area contributed by atoms with E-state index in [0.29, 0.717) is 6.07 Å². The molecule has 0 spiro atoms. The van der Waals surface area contributed by atoms with Crippen LogP contribution >= 0.6 is 43.5 Å². The van der Waals surface area contributed by atoms with Gasteiger partial charge in [0, 0.05) is 9.65 Å². The molecule has 1 heterocycles. The van der Waals surface area contributed by atoms with E-state index in [9.17, 15) is 32.3 Å². The van der Waals surface area contributed by atoms with Gasteiger partial charge in [-0.1, -0.05) is 43.5 Å². The molecular weight excluding hydrogens is 600 g/mol. The number of amides is 3. The van der Waals surface area contributed by atoms with Gasteiger partial charge in [-0.15, -0.1) is 0 Å². The second kappa shape index (κ2) is 8.84. The van der Waals surface area contributed by atoms with Gasteiger partial charge in [-0.25, -0.2) is 0 Å². The lowest BCUT2D eigenvalue weighted by atomic mass is 9.81. The summed E-state index contributed by atoms with van der Waals surface area (Å²) in [4.78, 5) is 50.8. The predicted octanol–water partition coefficient (Wildman–Crippen LogP) is 3.62. The third kappa shape index (κ3) is 4.41. The molecule has 0 radical (unpaired) electrons. The SMILES string of the molecule is O=C(COC(=O)CN1C(=O)[C@@H]2[C@H]3C[C@@H]([C@@H](Br)[C@H]3Br)[C@H]2C1=O)Nc1cc(C(F)(F)F)ccc1Cl. The first-order valence-corrected chi connectivity index (χ1v) is 12.1. The number of nitrogens with one attached hydrogen (secondary N) is 1. The second-order valence-electron chi connectivity index (χ2n) is 8.17. The van der Waals surface area contributed by atoms with Crippen LogP contribution in [-0.4, -0.2) is 51.4 Å². The summed E-state index contributed by atoms with van der Waals surface area (Å²) in [5.41, 5.74) is -1.31. The van der Waals surface area contributed by atoms with Gasteiger partial charge in [0.1, 0.15) is 6.54 Å². The Morgan fingerprint density at radius 2 is 1.70 bits per heavy atom. The van der Waals surface area contributed by atoms with Gasteiger partial charge in [-0.05, 0) is 36.5 Å². The number of anilines is 1. The van der Waals surface area contributed by atoms with Crippen molar-refractivity contribution in [3.8, 4) is 0 Å². The number of fused-ring (bicyclic) bond motifs is 5. The molecule has 0 aromatic heterocycles. The van der Waals surface area contributed by atoms with E-state index >= 15 is 0 Å². The van der Waals surface area contributed by atoms with Gasteiger partial charge in [0.05, 0.1) is 28.1 Å². The summed E-state index contributed by atoms with van der Waals surface area (Å²) in [6.45, 7) is -1.46. The van der Waals surface area contributed by atoms with E-state index in [1.54, 1.807) is 0 Å². The Kier molecular flexibility index (Phi) is 6.56. The summed E-state index contributed by atoms with van der Waals surface area (Å²) in [5.74, 6) is -3.77. The largest absolute Gasteiger partial charge is 0.454 e. The van der Waals surface area contributed by atoms with Crippen LogP contribution in [0.25, 0.3) is 0 Å². The lowest BCUT2D eigenvalue weighted by Crippen LogP contribution is -2.38. The average Bonchev–Trinajstić information content (AvgIpc) is 3.34. The van der Waals surface area contributed by atoms with Crippen LogP contribution < -0.4 is 5.32 Å². The highest BCUT2D eigenvalue weighted by Gasteiger charge is 2.66. The Hall–Kier alpha value is -1.66. The molecule has 3 aliphatic rings. The minimum atomic E-state index is -4.63. The maximum atomic E-state index is 12.8. The maximum absolute atomic E-state index is 12.8. The van der Waals surface area contributed by atoms with Gasteiger partial charge in [0.25, 0.3) is 5.91 Å². The third-order valence-corrected chi connectivity index (χ3v) is 9.83. The molecule has 178 valence electrons. The number of carbonyl (C=O) groups excluding carboxylic acids is 4. The normalized spacial score (nSPS) is 30.5. The zero-order valence-electron chi connectivity index (χ0n) is 16.6. The van der Waals surface area contributed by atoms with Crippen molar-refractivity contribution in [2.45, 2.75) is 22.3 Å². The topological polar surface area (TPSA) is 92.8 Å². The van der Waals surface area contributed by atoms with Crippen molar-refractivity contribution in [2.75, 3.05) is 18.5 Å². The maximum Gasteiger partial charge on any atom is 0.416 e. The fourth-order valence-corrected chi connectivity index (χ4v) is 6.91. The summed E-state index contributed by atoms with van der Waals surface area (Å²) >= 11 is 12.9. The van der Waals surface area contributed by atoms with E-state index in [-0.39, 0.29) is 32.2 Å². The smallest absolute Gasteiger partial charge is 0.416 e. The Labute approximate surface area is 207 Å². The van der Waals surface area contributed by atoms with Crippen LogP contribution in [0.4, 0.5) is 18.9 Å². The highest BCUT2D eigenvalue weighted by molar-refractivity contribution is 9.12. The molecular formula is C20H16Br2ClF3N2O5. The molecule has 6 atom stereocenters. The standard InChI is InChI=1S/C20H16Br2ClF3N2O5/c21-16-8-4-9(17(16)22)15-14(8)18(31)28(19(15)32)5-13(30)33-6-12(29)27-11-3-7(20(24,25)26)1-2-10(11)23/h1-3,8-9,14-17H,4-6H2,(H,27,29)/t8-,9-,14-,15-,16-,17+/m1/s1. The number of imide groups is 1. The van der Waals surface area contributed by atoms with E-state index in [1.165, 1.54) is 0 Å². The van der Waals surface area contributed by atoms with Crippen molar-refractivity contribution in [1.29, 1.82) is 0 Å². The molecule has 2 saturated carbocycles. The van der Waals surface area contributed by atoms with Crippen LogP contribution in [0.2, 0.25) is 5.02 Å². The van der Waals surface area contributed by atoms with Crippen molar-refractivity contribution in [1.82, 2.24) is 4.90 Å². The van der Waals surface area contributed by atoms with Crippen LogP contribution in [0.1, 0.15) is 12.0 Å². The number of carbonyl (C=O) groups is 4. The van der Waals surface area contributed by atoms with E-state index < -0.39 is 60.4 Å². The second-order valence-corrected chi connectivity index (χ2v) is 10.7.